The fourth-order valence-corrected chi connectivity index (χ4v) is 0.720. The van der Waals surface area contributed by atoms with Crippen LogP contribution in [0.25, 0.3) is 0 Å². The van der Waals surface area contributed by atoms with E-state index in [1.807, 2.05) is 6.92 Å². The predicted octanol–water partition coefficient (Wildman–Crippen LogP) is 0.517. The van der Waals surface area contributed by atoms with E-state index in [0.29, 0.717) is 12.5 Å². The number of nitrogens with one attached hydrogen (secondary N) is 1. The topological polar surface area (TPSA) is 58.0 Å². The third kappa shape index (κ3) is 2.84. The van der Waals surface area contributed by atoms with Crippen molar-refractivity contribution in [2.24, 2.45) is 5.92 Å². The average Bonchev–Trinajstić information content (AvgIpc) is 2.16. The molecule has 4 nitrogen and oxygen atoms in total. The summed E-state index contributed by atoms with van der Waals surface area (Å²) in [5.41, 5.74) is 0. The maximum absolute atomic E-state index is 8.73. The Bertz CT molecular complexity index is 215. The Morgan fingerprint density at radius 2 is 2.17 bits per heavy atom. The summed E-state index contributed by atoms with van der Waals surface area (Å²) < 4.78 is 0. The summed E-state index contributed by atoms with van der Waals surface area (Å²) in [7, 11) is 0. The fourth-order valence-electron chi connectivity index (χ4n) is 0.720. The summed E-state index contributed by atoms with van der Waals surface area (Å²) in [6, 6.07) is 1.76. The van der Waals surface area contributed by atoms with E-state index in [-0.39, 0.29) is 12.5 Å². The number of aliphatic hydroxyl groups excluding tert-OH is 1. The molecule has 0 aliphatic heterocycles. The summed E-state index contributed by atoms with van der Waals surface area (Å²) >= 11 is 0. The monoisotopic (exact) mass is 167 g/mol. The molecule has 66 valence electrons. The minimum absolute atomic E-state index is 0.180. The number of hydrogen-bond acceptors (Lipinski definition) is 4. The highest BCUT2D eigenvalue weighted by Crippen LogP contribution is 1.97. The van der Waals surface area contributed by atoms with E-state index >= 15 is 0 Å². The van der Waals surface area contributed by atoms with Crippen LogP contribution in [0.5, 0.6) is 0 Å². The van der Waals surface area contributed by atoms with Crippen LogP contribution in [0.2, 0.25) is 0 Å². The third-order valence-corrected chi connectivity index (χ3v) is 1.49. The molecule has 0 aliphatic carbocycles. The van der Waals surface area contributed by atoms with Crippen LogP contribution in [0.3, 0.4) is 0 Å². The number of rotatable bonds is 4. The van der Waals surface area contributed by atoms with E-state index in [9.17, 15) is 0 Å². The van der Waals surface area contributed by atoms with Gasteiger partial charge in [0.2, 0.25) is 5.95 Å². The molecule has 2 N–H and O–H groups in total. The van der Waals surface area contributed by atoms with Crippen LogP contribution in [0.4, 0.5) is 5.95 Å². The lowest BCUT2D eigenvalue weighted by atomic mass is 10.2. The van der Waals surface area contributed by atoms with Crippen LogP contribution in [0.15, 0.2) is 18.5 Å². The molecule has 0 saturated heterocycles. The Morgan fingerprint density at radius 1 is 1.50 bits per heavy atom. The van der Waals surface area contributed by atoms with Gasteiger partial charge in [0.1, 0.15) is 0 Å². The standard InChI is InChI=1S/C8H13N3O/c1-7(6-12)5-11-8-9-3-2-4-10-8/h2-4,7,12H,5-6H2,1H3,(H,9,10,11). The highest BCUT2D eigenvalue weighted by Gasteiger charge is 1.99. The molecule has 0 saturated carbocycles. The zero-order valence-corrected chi connectivity index (χ0v) is 7.07. The highest BCUT2D eigenvalue weighted by molar-refractivity contribution is 5.21. The van der Waals surface area contributed by atoms with E-state index in [0.717, 1.165) is 0 Å². The molecule has 1 atom stereocenters. The minimum atomic E-state index is 0.180. The molecule has 1 unspecified atom stereocenters. The summed E-state index contributed by atoms with van der Waals surface area (Å²) in [6.45, 7) is 2.83. The van der Waals surface area contributed by atoms with Gasteiger partial charge in [-0.1, -0.05) is 6.92 Å². The maximum Gasteiger partial charge on any atom is 0.222 e. The van der Waals surface area contributed by atoms with Crippen molar-refractivity contribution in [1.82, 2.24) is 9.97 Å². The SMILES string of the molecule is CC(CO)CNc1ncccn1. The van der Waals surface area contributed by atoms with E-state index in [1.165, 1.54) is 0 Å². The average molecular weight is 167 g/mol. The molecule has 0 aromatic carbocycles. The molecule has 1 aromatic heterocycles. The molecule has 0 spiro atoms. The summed E-state index contributed by atoms with van der Waals surface area (Å²) in [5, 5.41) is 11.7. The first-order valence-corrected chi connectivity index (χ1v) is 3.94. The molecule has 1 heterocycles. The van der Waals surface area contributed by atoms with Crippen LogP contribution >= 0.6 is 0 Å². The first-order chi connectivity index (χ1) is 5.83. The van der Waals surface area contributed by atoms with Crippen LogP contribution in [-0.4, -0.2) is 28.2 Å². The van der Waals surface area contributed by atoms with Gasteiger partial charge in [0.25, 0.3) is 0 Å². The number of nitrogens with zero attached hydrogens (tertiary/aromatic N) is 2. The van der Waals surface area contributed by atoms with Gasteiger partial charge in [-0.3, -0.25) is 0 Å². The van der Waals surface area contributed by atoms with Gasteiger partial charge in [0, 0.05) is 25.5 Å². The van der Waals surface area contributed by atoms with Crippen molar-refractivity contribution in [1.29, 1.82) is 0 Å². The van der Waals surface area contributed by atoms with Crippen molar-refractivity contribution in [2.75, 3.05) is 18.5 Å². The molecular formula is C8H13N3O. The second-order valence-electron chi connectivity index (χ2n) is 2.74. The van der Waals surface area contributed by atoms with Gasteiger partial charge in [0.05, 0.1) is 0 Å². The van der Waals surface area contributed by atoms with Gasteiger partial charge < -0.3 is 10.4 Å². The zero-order chi connectivity index (χ0) is 8.81. The number of hydrogen-bond donors (Lipinski definition) is 2. The number of aromatic nitrogens is 2. The summed E-state index contributed by atoms with van der Waals surface area (Å²) in [6.07, 6.45) is 3.36. The number of anilines is 1. The largest absolute Gasteiger partial charge is 0.396 e. The predicted molar refractivity (Wildman–Crippen MR) is 46.8 cm³/mol. The van der Waals surface area contributed by atoms with Crippen molar-refractivity contribution < 1.29 is 5.11 Å². The summed E-state index contributed by atoms with van der Waals surface area (Å²) in [5.74, 6) is 0.839. The van der Waals surface area contributed by atoms with Gasteiger partial charge in [-0.05, 0) is 12.0 Å². The van der Waals surface area contributed by atoms with Crippen molar-refractivity contribution in [3.8, 4) is 0 Å². The molecule has 1 rings (SSSR count). The van der Waals surface area contributed by atoms with Crippen molar-refractivity contribution >= 4 is 5.95 Å². The van der Waals surface area contributed by atoms with Crippen LogP contribution in [0.1, 0.15) is 6.92 Å². The van der Waals surface area contributed by atoms with Crippen LogP contribution in [0, 0.1) is 5.92 Å². The van der Waals surface area contributed by atoms with Gasteiger partial charge in [-0.15, -0.1) is 0 Å². The van der Waals surface area contributed by atoms with E-state index in [1.54, 1.807) is 18.5 Å². The van der Waals surface area contributed by atoms with E-state index < -0.39 is 0 Å². The van der Waals surface area contributed by atoms with Gasteiger partial charge in [-0.2, -0.15) is 0 Å². The van der Waals surface area contributed by atoms with Gasteiger partial charge >= 0.3 is 0 Å². The first-order valence-electron chi connectivity index (χ1n) is 3.94. The lowest BCUT2D eigenvalue weighted by Crippen LogP contribution is -2.15. The second kappa shape index (κ2) is 4.66. The Morgan fingerprint density at radius 3 is 2.75 bits per heavy atom. The molecule has 0 bridgehead atoms. The molecule has 0 radical (unpaired) electrons. The minimum Gasteiger partial charge on any atom is -0.396 e. The maximum atomic E-state index is 8.73. The van der Waals surface area contributed by atoms with Crippen LogP contribution in [-0.2, 0) is 0 Å². The highest BCUT2D eigenvalue weighted by atomic mass is 16.3. The Kier molecular flexibility index (Phi) is 3.47. The lowest BCUT2D eigenvalue weighted by molar-refractivity contribution is 0.244. The quantitative estimate of drug-likeness (QED) is 0.686. The summed E-state index contributed by atoms with van der Waals surface area (Å²) in [4.78, 5) is 7.96. The van der Waals surface area contributed by atoms with E-state index in [4.69, 9.17) is 5.11 Å². The first kappa shape index (κ1) is 8.93. The van der Waals surface area contributed by atoms with Gasteiger partial charge in [0.15, 0.2) is 0 Å². The Hall–Kier alpha value is -1.16. The van der Waals surface area contributed by atoms with Crippen molar-refractivity contribution in [3.63, 3.8) is 0 Å². The molecule has 0 fully saturated rings. The second-order valence-corrected chi connectivity index (χ2v) is 2.74. The number of aliphatic hydroxyl groups is 1. The molecule has 0 amide bonds. The van der Waals surface area contributed by atoms with Crippen LogP contribution < -0.4 is 5.32 Å². The zero-order valence-electron chi connectivity index (χ0n) is 7.07. The fraction of sp³-hybridized carbons (Fsp3) is 0.500. The molecule has 4 heteroatoms. The molecule has 12 heavy (non-hydrogen) atoms. The molecule has 1 aromatic rings. The molecule has 0 aliphatic rings. The third-order valence-electron chi connectivity index (χ3n) is 1.49. The Balaban J connectivity index is 2.33. The van der Waals surface area contributed by atoms with Crippen molar-refractivity contribution in [3.05, 3.63) is 18.5 Å². The Labute approximate surface area is 71.7 Å². The molecular weight excluding hydrogens is 154 g/mol. The van der Waals surface area contributed by atoms with Gasteiger partial charge in [-0.25, -0.2) is 9.97 Å². The lowest BCUT2D eigenvalue weighted by Gasteiger charge is -2.08. The smallest absolute Gasteiger partial charge is 0.222 e. The van der Waals surface area contributed by atoms with E-state index in [2.05, 4.69) is 15.3 Å². The normalized spacial score (nSPS) is 12.5. The van der Waals surface area contributed by atoms with Crippen molar-refractivity contribution in [2.45, 2.75) is 6.92 Å².